The summed E-state index contributed by atoms with van der Waals surface area (Å²) < 4.78 is 9.68. The van der Waals surface area contributed by atoms with E-state index in [1.54, 1.807) is 20.8 Å². The van der Waals surface area contributed by atoms with Gasteiger partial charge in [0.2, 0.25) is 5.05 Å². The predicted octanol–water partition coefficient (Wildman–Crippen LogP) is 2.00. The van der Waals surface area contributed by atoms with Crippen LogP contribution in [0.25, 0.3) is 0 Å². The summed E-state index contributed by atoms with van der Waals surface area (Å²) in [5, 5.41) is 2.50. The number of alkyl carbamates (subject to hydrolysis) is 1. The summed E-state index contributed by atoms with van der Waals surface area (Å²) in [6.45, 7) is 8.82. The van der Waals surface area contributed by atoms with E-state index in [1.165, 1.54) is 7.11 Å². The summed E-state index contributed by atoms with van der Waals surface area (Å²) >= 11 is 4.75. The van der Waals surface area contributed by atoms with E-state index in [9.17, 15) is 4.79 Å². The third kappa shape index (κ3) is 5.53. The largest absolute Gasteiger partial charge is 0.485 e. The molecule has 0 saturated heterocycles. The summed E-state index contributed by atoms with van der Waals surface area (Å²) in [6.07, 6.45) is -0.595. The van der Waals surface area contributed by atoms with Crippen molar-refractivity contribution in [3.8, 4) is 0 Å². The van der Waals surface area contributed by atoms with Crippen LogP contribution in [0.15, 0.2) is 12.3 Å². The molecule has 0 rings (SSSR count). The van der Waals surface area contributed by atoms with Crippen LogP contribution in [-0.2, 0) is 9.47 Å². The standard InChI is InChI=1S/C9H15NO3S/c1-6(7(14)12-5)10-8(11)13-9(2,3)4/h1H2,2-5H3,(H,10,11). The van der Waals surface area contributed by atoms with Gasteiger partial charge in [0.1, 0.15) is 5.60 Å². The van der Waals surface area contributed by atoms with E-state index >= 15 is 0 Å². The van der Waals surface area contributed by atoms with E-state index < -0.39 is 11.7 Å². The average molecular weight is 217 g/mol. The Morgan fingerprint density at radius 2 is 1.93 bits per heavy atom. The number of methoxy groups -OCH3 is 1. The summed E-state index contributed by atoms with van der Waals surface area (Å²) in [6, 6.07) is 0. The molecule has 0 radical (unpaired) electrons. The average Bonchev–Trinajstić information content (AvgIpc) is 1.99. The van der Waals surface area contributed by atoms with Crippen molar-refractivity contribution in [3.05, 3.63) is 12.3 Å². The molecule has 0 aliphatic heterocycles. The molecule has 0 atom stereocenters. The highest BCUT2D eigenvalue weighted by atomic mass is 32.1. The molecule has 0 unspecified atom stereocenters. The lowest BCUT2D eigenvalue weighted by Gasteiger charge is -2.20. The number of hydrogen-bond acceptors (Lipinski definition) is 4. The number of thiocarbonyl (C=S) groups is 1. The zero-order valence-electron chi connectivity index (χ0n) is 8.84. The van der Waals surface area contributed by atoms with Crippen LogP contribution in [0.1, 0.15) is 20.8 Å². The van der Waals surface area contributed by atoms with Crippen LogP contribution in [0.3, 0.4) is 0 Å². The van der Waals surface area contributed by atoms with Crippen LogP contribution < -0.4 is 5.32 Å². The number of nitrogens with one attached hydrogen (secondary N) is 1. The van der Waals surface area contributed by atoms with Crippen molar-refractivity contribution in [1.29, 1.82) is 0 Å². The molecule has 0 aliphatic rings. The van der Waals surface area contributed by atoms with Crippen molar-refractivity contribution >= 4 is 23.4 Å². The zero-order chi connectivity index (χ0) is 11.4. The van der Waals surface area contributed by atoms with E-state index in [2.05, 4.69) is 11.9 Å². The molecular weight excluding hydrogens is 202 g/mol. The summed E-state index contributed by atoms with van der Waals surface area (Å²) in [5.41, 5.74) is -0.323. The monoisotopic (exact) mass is 217 g/mol. The van der Waals surface area contributed by atoms with Gasteiger partial charge in [0.25, 0.3) is 0 Å². The highest BCUT2D eigenvalue weighted by Gasteiger charge is 2.17. The zero-order valence-corrected chi connectivity index (χ0v) is 9.66. The summed E-state index contributed by atoms with van der Waals surface area (Å²) in [4.78, 5) is 11.2. The summed E-state index contributed by atoms with van der Waals surface area (Å²) in [5.74, 6) is 0. The second-order valence-electron chi connectivity index (χ2n) is 3.60. The number of amides is 1. The molecule has 0 bridgehead atoms. The number of carbonyl (C=O) groups is 1. The van der Waals surface area contributed by atoms with Crippen molar-refractivity contribution in [3.63, 3.8) is 0 Å². The lowest BCUT2D eigenvalue weighted by Crippen LogP contribution is -2.33. The molecule has 0 heterocycles. The quantitative estimate of drug-likeness (QED) is 0.567. The van der Waals surface area contributed by atoms with Gasteiger partial charge in [-0.05, 0) is 33.0 Å². The first-order valence-electron chi connectivity index (χ1n) is 4.03. The molecule has 80 valence electrons. The van der Waals surface area contributed by atoms with Gasteiger partial charge in [-0.15, -0.1) is 0 Å². The third-order valence-electron chi connectivity index (χ3n) is 1.08. The maximum absolute atomic E-state index is 11.2. The Bertz CT molecular complexity index is 255. The minimum atomic E-state index is -0.595. The highest BCUT2D eigenvalue weighted by molar-refractivity contribution is 7.80. The smallest absolute Gasteiger partial charge is 0.412 e. The molecule has 0 spiro atoms. The maximum Gasteiger partial charge on any atom is 0.412 e. The summed E-state index contributed by atoms with van der Waals surface area (Å²) in [7, 11) is 1.41. The molecule has 0 aliphatic carbocycles. The van der Waals surface area contributed by atoms with E-state index in [4.69, 9.17) is 21.7 Å². The molecule has 1 N–H and O–H groups in total. The Balaban J connectivity index is 4.08. The van der Waals surface area contributed by atoms with Crippen molar-refractivity contribution in [2.75, 3.05) is 7.11 Å². The van der Waals surface area contributed by atoms with E-state index in [-0.39, 0.29) is 10.7 Å². The van der Waals surface area contributed by atoms with Gasteiger partial charge in [0, 0.05) is 0 Å². The number of hydrogen-bond donors (Lipinski definition) is 1. The Hall–Kier alpha value is -1.10. The molecule has 4 nitrogen and oxygen atoms in total. The fourth-order valence-electron chi connectivity index (χ4n) is 0.601. The first-order valence-corrected chi connectivity index (χ1v) is 4.44. The molecule has 0 aromatic heterocycles. The molecule has 0 fully saturated rings. The lowest BCUT2D eigenvalue weighted by molar-refractivity contribution is 0.0548. The molecule has 1 amide bonds. The molecule has 0 aromatic rings. The Morgan fingerprint density at radius 1 is 1.43 bits per heavy atom. The van der Waals surface area contributed by atoms with Crippen molar-refractivity contribution < 1.29 is 14.3 Å². The van der Waals surface area contributed by atoms with E-state index in [1.807, 2.05) is 0 Å². The van der Waals surface area contributed by atoms with Gasteiger partial charge in [-0.25, -0.2) is 4.79 Å². The van der Waals surface area contributed by atoms with E-state index in [0.717, 1.165) is 0 Å². The van der Waals surface area contributed by atoms with Crippen LogP contribution in [0, 0.1) is 0 Å². The van der Waals surface area contributed by atoms with Crippen LogP contribution in [0.4, 0.5) is 4.79 Å². The predicted molar refractivity (Wildman–Crippen MR) is 58.1 cm³/mol. The van der Waals surface area contributed by atoms with Crippen LogP contribution in [0.2, 0.25) is 0 Å². The topological polar surface area (TPSA) is 47.6 Å². The molecule has 0 saturated carbocycles. The molecule has 0 aromatic carbocycles. The fraction of sp³-hybridized carbons (Fsp3) is 0.556. The first-order chi connectivity index (χ1) is 6.26. The molecular formula is C9H15NO3S. The Morgan fingerprint density at radius 3 is 2.29 bits per heavy atom. The molecule has 14 heavy (non-hydrogen) atoms. The number of ether oxygens (including phenoxy) is 2. The maximum atomic E-state index is 11.2. The van der Waals surface area contributed by atoms with E-state index in [0.29, 0.717) is 0 Å². The van der Waals surface area contributed by atoms with Gasteiger partial charge < -0.3 is 9.47 Å². The SMILES string of the molecule is C=C(NC(=O)OC(C)(C)C)C(=S)OC. The highest BCUT2D eigenvalue weighted by Crippen LogP contribution is 2.07. The molecule has 5 heteroatoms. The van der Waals surface area contributed by atoms with Crippen molar-refractivity contribution in [2.45, 2.75) is 26.4 Å². The first kappa shape index (κ1) is 12.9. The van der Waals surface area contributed by atoms with Crippen LogP contribution >= 0.6 is 12.2 Å². The number of rotatable bonds is 2. The van der Waals surface area contributed by atoms with Gasteiger partial charge in [-0.1, -0.05) is 6.58 Å². The van der Waals surface area contributed by atoms with Gasteiger partial charge in [-0.2, -0.15) is 0 Å². The van der Waals surface area contributed by atoms with Crippen LogP contribution in [-0.4, -0.2) is 23.9 Å². The third-order valence-corrected chi connectivity index (χ3v) is 1.50. The Labute approximate surface area is 89.3 Å². The fourth-order valence-corrected chi connectivity index (χ4v) is 0.652. The minimum absolute atomic E-state index is 0.135. The minimum Gasteiger partial charge on any atom is -0.485 e. The second kappa shape index (κ2) is 4.95. The van der Waals surface area contributed by atoms with Crippen molar-refractivity contribution in [1.82, 2.24) is 5.32 Å². The number of carbonyl (C=O) groups excluding carboxylic acids is 1. The Kier molecular flexibility index (Phi) is 4.56. The van der Waals surface area contributed by atoms with Gasteiger partial charge in [0.05, 0.1) is 12.8 Å². The normalized spacial score (nSPS) is 10.3. The second-order valence-corrected chi connectivity index (χ2v) is 3.97. The van der Waals surface area contributed by atoms with Crippen LogP contribution in [0.5, 0.6) is 0 Å². The van der Waals surface area contributed by atoms with Crippen molar-refractivity contribution in [2.24, 2.45) is 0 Å². The van der Waals surface area contributed by atoms with Gasteiger partial charge in [0.15, 0.2) is 0 Å². The lowest BCUT2D eigenvalue weighted by atomic mass is 10.2. The van der Waals surface area contributed by atoms with Gasteiger partial charge in [-0.3, -0.25) is 5.32 Å². The van der Waals surface area contributed by atoms with Gasteiger partial charge >= 0.3 is 6.09 Å².